The van der Waals surface area contributed by atoms with Gasteiger partial charge in [0, 0.05) is 50.6 Å². The smallest absolute Gasteiger partial charge is 0.254 e. The van der Waals surface area contributed by atoms with Gasteiger partial charge in [-0.2, -0.15) is 5.10 Å². The topological polar surface area (TPSA) is 93.7 Å². The number of para-hydroxylation sites is 1. The van der Waals surface area contributed by atoms with Gasteiger partial charge in [-0.15, -0.1) is 0 Å². The molecule has 0 unspecified atom stereocenters. The molecule has 3 N–H and O–H groups in total. The highest BCUT2D eigenvalue weighted by molar-refractivity contribution is 5.93. The summed E-state index contributed by atoms with van der Waals surface area (Å²) in [5, 5.41) is 20.8. The van der Waals surface area contributed by atoms with E-state index in [0.29, 0.717) is 17.7 Å². The lowest BCUT2D eigenvalue weighted by Gasteiger charge is -2.42. The molecular weight excluding hydrogens is 437 g/mol. The Balaban J connectivity index is 1.32. The van der Waals surface area contributed by atoms with Gasteiger partial charge in [-0.1, -0.05) is 24.3 Å². The molecule has 2 fully saturated rings. The van der Waals surface area contributed by atoms with Gasteiger partial charge in [-0.05, 0) is 24.3 Å². The van der Waals surface area contributed by atoms with E-state index in [9.17, 15) is 14.3 Å². The highest BCUT2D eigenvalue weighted by atomic mass is 19.1. The number of ether oxygens (including phenoxy) is 1. The first-order valence-corrected chi connectivity index (χ1v) is 11.5. The number of nitrogens with one attached hydrogen (secondary N) is 2. The van der Waals surface area contributed by atoms with Gasteiger partial charge in [0.25, 0.3) is 5.91 Å². The molecule has 1 aromatic heterocycles. The molecule has 2 heterocycles. The van der Waals surface area contributed by atoms with E-state index >= 15 is 0 Å². The molecule has 1 aliphatic heterocycles. The van der Waals surface area contributed by atoms with Crippen LogP contribution < -0.4 is 15.0 Å². The van der Waals surface area contributed by atoms with E-state index in [0.717, 1.165) is 26.2 Å². The van der Waals surface area contributed by atoms with Crippen LogP contribution in [-0.4, -0.2) is 76.6 Å². The predicted octanol–water partition coefficient (Wildman–Crippen LogP) is 2.05. The van der Waals surface area contributed by atoms with Crippen LogP contribution in [0.1, 0.15) is 16.8 Å². The quantitative estimate of drug-likeness (QED) is 0.516. The Hall–Kier alpha value is -3.43. The summed E-state index contributed by atoms with van der Waals surface area (Å²) in [6.07, 6.45) is 1.99. The van der Waals surface area contributed by atoms with Gasteiger partial charge in [0.15, 0.2) is 0 Å². The Morgan fingerprint density at radius 1 is 1.12 bits per heavy atom. The van der Waals surface area contributed by atoms with Crippen molar-refractivity contribution in [2.24, 2.45) is 0 Å². The minimum atomic E-state index is -0.846. The Bertz CT molecular complexity index is 1090. The Morgan fingerprint density at radius 2 is 1.91 bits per heavy atom. The first-order valence-electron chi connectivity index (χ1n) is 11.5. The summed E-state index contributed by atoms with van der Waals surface area (Å²) < 4.78 is 19.7. The summed E-state index contributed by atoms with van der Waals surface area (Å²) >= 11 is 0. The third-order valence-corrected chi connectivity index (χ3v) is 6.65. The summed E-state index contributed by atoms with van der Waals surface area (Å²) in [6.45, 7) is 3.10. The zero-order chi connectivity index (χ0) is 23.5. The van der Waals surface area contributed by atoms with Crippen molar-refractivity contribution in [2.75, 3.05) is 31.1 Å². The molecule has 34 heavy (non-hydrogen) atoms. The zero-order valence-corrected chi connectivity index (χ0v) is 18.7. The molecule has 3 aromatic rings. The normalized spacial score (nSPS) is 25.3. The van der Waals surface area contributed by atoms with Crippen LogP contribution in [0.2, 0.25) is 0 Å². The summed E-state index contributed by atoms with van der Waals surface area (Å²) in [4.78, 5) is 17.3. The maximum absolute atomic E-state index is 13.7. The predicted molar refractivity (Wildman–Crippen MR) is 125 cm³/mol. The van der Waals surface area contributed by atoms with Crippen molar-refractivity contribution in [3.8, 4) is 5.75 Å². The average Bonchev–Trinajstić information content (AvgIpc) is 3.49. The molecule has 4 atom stereocenters. The van der Waals surface area contributed by atoms with Crippen LogP contribution in [0, 0.1) is 5.82 Å². The standard InChI is InChI=1S/C25H28FN5O3/c26-18-5-4-8-20(13-18)34-22-14-21(29-25(33)17-15-27-28-16-17)23(24(22)32)31-11-9-30(10-12-31)19-6-2-1-3-7-19/h1-8,13,15-16,21-24,32H,9-12,14H2,(H,27,28)(H,29,33)/t21-,22-,23+,24+/m1/s1. The number of aromatic nitrogens is 2. The van der Waals surface area contributed by atoms with Gasteiger partial charge in [0.2, 0.25) is 0 Å². The minimum absolute atomic E-state index is 0.259. The van der Waals surface area contributed by atoms with Crippen molar-refractivity contribution in [1.82, 2.24) is 20.4 Å². The fourth-order valence-corrected chi connectivity index (χ4v) is 4.98. The third-order valence-electron chi connectivity index (χ3n) is 6.65. The number of aliphatic hydroxyl groups is 1. The molecule has 0 spiro atoms. The number of hydrogen-bond donors (Lipinski definition) is 3. The van der Waals surface area contributed by atoms with Gasteiger partial charge < -0.3 is 20.1 Å². The summed E-state index contributed by atoms with van der Waals surface area (Å²) in [5.41, 5.74) is 1.60. The molecule has 5 rings (SSSR count). The summed E-state index contributed by atoms with van der Waals surface area (Å²) in [5.74, 6) is -0.299. The molecule has 178 valence electrons. The van der Waals surface area contributed by atoms with Gasteiger partial charge in [-0.3, -0.25) is 14.8 Å². The second-order valence-corrected chi connectivity index (χ2v) is 8.76. The second-order valence-electron chi connectivity index (χ2n) is 8.76. The Morgan fingerprint density at radius 3 is 2.62 bits per heavy atom. The van der Waals surface area contributed by atoms with Crippen molar-refractivity contribution in [3.63, 3.8) is 0 Å². The number of aliphatic hydroxyl groups excluding tert-OH is 1. The zero-order valence-electron chi connectivity index (χ0n) is 18.7. The van der Waals surface area contributed by atoms with Crippen LogP contribution in [0.4, 0.5) is 10.1 Å². The first kappa shape index (κ1) is 22.4. The minimum Gasteiger partial charge on any atom is -0.487 e. The number of benzene rings is 2. The number of halogens is 1. The number of nitrogens with zero attached hydrogens (tertiary/aromatic N) is 3. The molecule has 0 bridgehead atoms. The van der Waals surface area contributed by atoms with Crippen LogP contribution in [0.5, 0.6) is 5.75 Å². The van der Waals surface area contributed by atoms with Crippen molar-refractivity contribution in [2.45, 2.75) is 30.7 Å². The fourth-order valence-electron chi connectivity index (χ4n) is 4.98. The number of carbonyl (C=O) groups is 1. The van der Waals surface area contributed by atoms with Crippen molar-refractivity contribution >= 4 is 11.6 Å². The molecule has 2 aromatic carbocycles. The highest BCUT2D eigenvalue weighted by Gasteiger charge is 2.48. The van der Waals surface area contributed by atoms with Crippen LogP contribution in [-0.2, 0) is 0 Å². The SMILES string of the molecule is O=C(N[C@@H]1C[C@@H](Oc2cccc(F)c2)[C@H](O)[C@H]1N1CCN(c2ccccc2)CC1)c1cn[nH]c1. The number of hydrogen-bond acceptors (Lipinski definition) is 6. The van der Waals surface area contributed by atoms with Crippen LogP contribution in [0.25, 0.3) is 0 Å². The highest BCUT2D eigenvalue weighted by Crippen LogP contribution is 2.31. The number of carbonyl (C=O) groups excluding carboxylic acids is 1. The van der Waals surface area contributed by atoms with Gasteiger partial charge in [0.05, 0.1) is 23.8 Å². The number of rotatable bonds is 6. The molecule has 1 aliphatic carbocycles. The van der Waals surface area contributed by atoms with E-state index in [-0.39, 0.29) is 18.0 Å². The van der Waals surface area contributed by atoms with Crippen molar-refractivity contribution in [1.29, 1.82) is 0 Å². The maximum atomic E-state index is 13.7. The number of piperazine rings is 1. The van der Waals surface area contributed by atoms with Crippen molar-refractivity contribution in [3.05, 3.63) is 78.4 Å². The summed E-state index contributed by atoms with van der Waals surface area (Å²) in [7, 11) is 0. The Labute approximate surface area is 197 Å². The lowest BCUT2D eigenvalue weighted by Crippen LogP contribution is -2.59. The first-order chi connectivity index (χ1) is 16.6. The monoisotopic (exact) mass is 465 g/mol. The molecule has 2 aliphatic rings. The van der Waals surface area contributed by atoms with Gasteiger partial charge >= 0.3 is 0 Å². The fraction of sp³-hybridized carbons (Fsp3) is 0.360. The van der Waals surface area contributed by atoms with Gasteiger partial charge in [-0.25, -0.2) is 4.39 Å². The lowest BCUT2D eigenvalue weighted by molar-refractivity contribution is 0.00529. The van der Waals surface area contributed by atoms with E-state index < -0.39 is 18.0 Å². The van der Waals surface area contributed by atoms with Crippen LogP contribution in [0.3, 0.4) is 0 Å². The number of anilines is 1. The lowest BCUT2D eigenvalue weighted by atomic mass is 10.1. The molecular formula is C25H28FN5O3. The third kappa shape index (κ3) is 4.76. The molecule has 1 saturated heterocycles. The molecule has 1 amide bonds. The van der Waals surface area contributed by atoms with E-state index in [1.165, 1.54) is 30.2 Å². The van der Waals surface area contributed by atoms with Gasteiger partial charge in [0.1, 0.15) is 23.8 Å². The average molecular weight is 466 g/mol. The molecule has 8 nitrogen and oxygen atoms in total. The second kappa shape index (κ2) is 9.82. The Kier molecular flexibility index (Phi) is 6.46. The number of H-pyrrole nitrogens is 1. The number of aromatic amines is 1. The molecule has 1 saturated carbocycles. The van der Waals surface area contributed by atoms with Crippen molar-refractivity contribution < 1.29 is 19.0 Å². The largest absolute Gasteiger partial charge is 0.487 e. The molecule has 0 radical (unpaired) electrons. The van der Waals surface area contributed by atoms with E-state index in [2.05, 4.69) is 37.4 Å². The van der Waals surface area contributed by atoms with Crippen LogP contribution in [0.15, 0.2) is 67.0 Å². The van der Waals surface area contributed by atoms with Crippen LogP contribution >= 0.6 is 0 Å². The maximum Gasteiger partial charge on any atom is 0.254 e. The van der Waals surface area contributed by atoms with E-state index in [1.54, 1.807) is 12.1 Å². The molecule has 9 heteroatoms. The van der Waals surface area contributed by atoms with E-state index in [1.807, 2.05) is 18.2 Å². The number of amides is 1. The van der Waals surface area contributed by atoms with E-state index in [4.69, 9.17) is 4.74 Å². The summed E-state index contributed by atoms with van der Waals surface area (Å²) in [6, 6.07) is 15.5.